The molecule has 12 heavy (non-hydrogen) atoms. The highest BCUT2D eigenvalue weighted by Gasteiger charge is 2.29. The Hall–Kier alpha value is -1.10. The van der Waals surface area contributed by atoms with Crippen LogP contribution >= 0.6 is 11.3 Å². The van der Waals surface area contributed by atoms with Crippen molar-refractivity contribution in [3.63, 3.8) is 0 Å². The van der Waals surface area contributed by atoms with E-state index in [1.807, 2.05) is 5.38 Å². The molecule has 1 aromatic heterocycles. The van der Waals surface area contributed by atoms with Crippen molar-refractivity contribution in [3.8, 4) is 0 Å². The molecule has 1 aliphatic rings. The van der Waals surface area contributed by atoms with Gasteiger partial charge in [-0.1, -0.05) is 0 Å². The van der Waals surface area contributed by atoms with Crippen LogP contribution in [0.2, 0.25) is 0 Å². The summed E-state index contributed by atoms with van der Waals surface area (Å²) in [6, 6.07) is 0. The van der Waals surface area contributed by atoms with E-state index in [0.29, 0.717) is 11.7 Å². The standard InChI is InChI=1S/C7H8N2O2S/c8-7-9-5(3-12-7)4-1-2-11-6(4)10/h3-4H,1-2H2,(H2,8,9). The lowest BCUT2D eigenvalue weighted by atomic mass is 10.1. The van der Waals surface area contributed by atoms with E-state index in [1.165, 1.54) is 11.3 Å². The molecule has 5 heteroatoms. The highest BCUT2D eigenvalue weighted by Crippen LogP contribution is 2.27. The summed E-state index contributed by atoms with van der Waals surface area (Å²) in [5, 5.41) is 2.32. The van der Waals surface area contributed by atoms with Crippen molar-refractivity contribution < 1.29 is 9.53 Å². The first-order valence-corrected chi connectivity index (χ1v) is 4.53. The third-order valence-electron chi connectivity index (χ3n) is 1.83. The number of aromatic nitrogens is 1. The van der Waals surface area contributed by atoms with Crippen LogP contribution in [0.25, 0.3) is 0 Å². The van der Waals surface area contributed by atoms with E-state index in [1.54, 1.807) is 0 Å². The first kappa shape index (κ1) is 7.54. The lowest BCUT2D eigenvalue weighted by molar-refractivity contribution is -0.139. The molecule has 1 aromatic rings. The summed E-state index contributed by atoms with van der Waals surface area (Å²) in [5.74, 6) is -0.362. The second-order valence-electron chi connectivity index (χ2n) is 2.62. The van der Waals surface area contributed by atoms with Gasteiger partial charge in [0.25, 0.3) is 0 Å². The summed E-state index contributed by atoms with van der Waals surface area (Å²) in [6.45, 7) is 0.501. The monoisotopic (exact) mass is 184 g/mol. The van der Waals surface area contributed by atoms with Crippen LogP contribution in [-0.4, -0.2) is 17.6 Å². The minimum Gasteiger partial charge on any atom is -0.465 e. The van der Waals surface area contributed by atoms with Gasteiger partial charge < -0.3 is 10.5 Å². The van der Waals surface area contributed by atoms with Crippen LogP contribution in [0.5, 0.6) is 0 Å². The Balaban J connectivity index is 2.24. The molecule has 2 heterocycles. The normalized spacial score (nSPS) is 22.7. The van der Waals surface area contributed by atoms with Crippen LogP contribution < -0.4 is 5.73 Å². The lowest BCUT2D eigenvalue weighted by Crippen LogP contribution is -2.05. The third-order valence-corrected chi connectivity index (χ3v) is 2.52. The van der Waals surface area contributed by atoms with Gasteiger partial charge in [-0.25, -0.2) is 4.98 Å². The average molecular weight is 184 g/mol. The molecule has 1 saturated heterocycles. The first-order valence-electron chi connectivity index (χ1n) is 3.65. The number of cyclic esters (lactones) is 1. The Morgan fingerprint density at radius 2 is 2.58 bits per heavy atom. The number of ether oxygens (including phenoxy) is 1. The number of rotatable bonds is 1. The van der Waals surface area contributed by atoms with Gasteiger partial charge >= 0.3 is 5.97 Å². The molecule has 4 nitrogen and oxygen atoms in total. The number of esters is 1. The fourth-order valence-electron chi connectivity index (χ4n) is 1.23. The van der Waals surface area contributed by atoms with E-state index < -0.39 is 0 Å². The zero-order valence-electron chi connectivity index (χ0n) is 6.32. The summed E-state index contributed by atoms with van der Waals surface area (Å²) in [4.78, 5) is 15.1. The zero-order valence-corrected chi connectivity index (χ0v) is 7.13. The first-order chi connectivity index (χ1) is 5.77. The van der Waals surface area contributed by atoms with E-state index in [-0.39, 0.29) is 11.9 Å². The molecule has 1 fully saturated rings. The van der Waals surface area contributed by atoms with Crippen LogP contribution in [0.3, 0.4) is 0 Å². The molecule has 0 spiro atoms. The van der Waals surface area contributed by atoms with Crippen LogP contribution in [0, 0.1) is 0 Å². The maximum absolute atomic E-state index is 11.1. The number of nitrogen functional groups attached to an aromatic ring is 1. The molecule has 1 aliphatic heterocycles. The molecule has 64 valence electrons. The summed E-state index contributed by atoms with van der Waals surface area (Å²) in [5.41, 5.74) is 6.20. The van der Waals surface area contributed by atoms with Gasteiger partial charge in [0.05, 0.1) is 12.3 Å². The summed E-state index contributed by atoms with van der Waals surface area (Å²) < 4.78 is 4.81. The molecule has 0 aromatic carbocycles. The van der Waals surface area contributed by atoms with Crippen molar-refractivity contribution in [2.75, 3.05) is 12.3 Å². The lowest BCUT2D eigenvalue weighted by Gasteiger charge is -1.98. The zero-order chi connectivity index (χ0) is 8.55. The van der Waals surface area contributed by atoms with Gasteiger partial charge in [-0.15, -0.1) is 11.3 Å². The number of carbonyl (C=O) groups excluding carboxylic acids is 1. The Morgan fingerprint density at radius 3 is 3.08 bits per heavy atom. The number of thiazole rings is 1. The maximum Gasteiger partial charge on any atom is 0.315 e. The number of nitrogens with zero attached hydrogens (tertiary/aromatic N) is 1. The minimum absolute atomic E-state index is 0.180. The van der Waals surface area contributed by atoms with Crippen LogP contribution in [0.4, 0.5) is 5.13 Å². The van der Waals surface area contributed by atoms with Crippen molar-refractivity contribution in [2.24, 2.45) is 0 Å². The third kappa shape index (κ3) is 1.16. The molecule has 0 bridgehead atoms. The molecule has 1 atom stereocenters. The van der Waals surface area contributed by atoms with Gasteiger partial charge in [0.2, 0.25) is 0 Å². The highest BCUT2D eigenvalue weighted by molar-refractivity contribution is 7.13. The molecule has 0 saturated carbocycles. The van der Waals surface area contributed by atoms with E-state index in [4.69, 9.17) is 10.5 Å². The Bertz CT molecular complexity index is 310. The predicted octanol–water partition coefficient (Wildman–Crippen LogP) is 0.756. The van der Waals surface area contributed by atoms with Gasteiger partial charge in [-0.05, 0) is 0 Å². The molecule has 1 unspecified atom stereocenters. The topological polar surface area (TPSA) is 65.2 Å². The maximum atomic E-state index is 11.1. The van der Waals surface area contributed by atoms with Crippen LogP contribution in [0.1, 0.15) is 18.0 Å². The van der Waals surface area contributed by atoms with Crippen molar-refractivity contribution in [1.82, 2.24) is 4.98 Å². The second kappa shape index (κ2) is 2.75. The number of nitrogens with two attached hydrogens (primary N) is 1. The van der Waals surface area contributed by atoms with Crippen molar-refractivity contribution >= 4 is 22.4 Å². The summed E-state index contributed by atoms with van der Waals surface area (Å²) in [7, 11) is 0. The van der Waals surface area contributed by atoms with Crippen LogP contribution in [0.15, 0.2) is 5.38 Å². The minimum atomic E-state index is -0.182. The molecular formula is C7H8N2O2S. The molecule has 2 rings (SSSR count). The molecule has 0 amide bonds. The average Bonchev–Trinajstić information content (AvgIpc) is 2.58. The molecule has 2 N–H and O–H groups in total. The molecule has 0 aliphatic carbocycles. The van der Waals surface area contributed by atoms with E-state index in [2.05, 4.69) is 4.98 Å². The predicted molar refractivity (Wildman–Crippen MR) is 44.8 cm³/mol. The highest BCUT2D eigenvalue weighted by atomic mass is 32.1. The largest absolute Gasteiger partial charge is 0.465 e. The summed E-state index contributed by atoms with van der Waals surface area (Å²) in [6.07, 6.45) is 0.724. The van der Waals surface area contributed by atoms with Gasteiger partial charge in [0.15, 0.2) is 5.13 Å². The fourth-order valence-corrected chi connectivity index (χ4v) is 1.84. The molecular weight excluding hydrogens is 176 g/mol. The van der Waals surface area contributed by atoms with Crippen molar-refractivity contribution in [2.45, 2.75) is 12.3 Å². The van der Waals surface area contributed by atoms with Crippen LogP contribution in [-0.2, 0) is 9.53 Å². The number of hydrogen-bond acceptors (Lipinski definition) is 5. The Kier molecular flexibility index (Phi) is 1.73. The van der Waals surface area contributed by atoms with E-state index in [9.17, 15) is 4.79 Å². The molecule has 0 radical (unpaired) electrons. The fraction of sp³-hybridized carbons (Fsp3) is 0.429. The number of anilines is 1. The quantitative estimate of drug-likeness (QED) is 0.654. The van der Waals surface area contributed by atoms with Crippen molar-refractivity contribution in [3.05, 3.63) is 11.1 Å². The Labute approximate surface area is 73.4 Å². The van der Waals surface area contributed by atoms with Crippen molar-refractivity contribution in [1.29, 1.82) is 0 Å². The number of hydrogen-bond donors (Lipinski definition) is 1. The summed E-state index contributed by atoms with van der Waals surface area (Å²) >= 11 is 1.35. The van der Waals surface area contributed by atoms with Gasteiger partial charge in [0, 0.05) is 11.8 Å². The van der Waals surface area contributed by atoms with E-state index >= 15 is 0 Å². The Morgan fingerprint density at radius 1 is 1.75 bits per heavy atom. The smallest absolute Gasteiger partial charge is 0.315 e. The number of carbonyl (C=O) groups is 1. The van der Waals surface area contributed by atoms with E-state index in [0.717, 1.165) is 12.1 Å². The SMILES string of the molecule is Nc1nc(C2CCOC2=O)cs1. The van der Waals surface area contributed by atoms with Gasteiger partial charge in [0.1, 0.15) is 5.92 Å². The van der Waals surface area contributed by atoms with Gasteiger partial charge in [-0.3, -0.25) is 4.79 Å². The second-order valence-corrected chi connectivity index (χ2v) is 3.51. The van der Waals surface area contributed by atoms with Gasteiger partial charge in [-0.2, -0.15) is 0 Å².